The van der Waals surface area contributed by atoms with E-state index in [0.29, 0.717) is 31.2 Å². The molecular formula is C25H30FN7O2S. The van der Waals surface area contributed by atoms with E-state index in [1.165, 1.54) is 40.1 Å². The molecule has 0 bridgehead atoms. The molecule has 1 aliphatic carbocycles. The van der Waals surface area contributed by atoms with Crippen LogP contribution in [0.25, 0.3) is 0 Å². The van der Waals surface area contributed by atoms with Crippen LogP contribution in [0.5, 0.6) is 0 Å². The maximum absolute atomic E-state index is 13.3. The molecule has 1 saturated heterocycles. The van der Waals surface area contributed by atoms with E-state index in [1.54, 1.807) is 19.2 Å². The highest BCUT2D eigenvalue weighted by atomic mass is 32.2. The summed E-state index contributed by atoms with van der Waals surface area (Å²) in [6.07, 6.45) is 5.97. The monoisotopic (exact) mass is 511 g/mol. The van der Waals surface area contributed by atoms with Crippen molar-refractivity contribution >= 4 is 27.6 Å². The van der Waals surface area contributed by atoms with Gasteiger partial charge in [0, 0.05) is 61.9 Å². The summed E-state index contributed by atoms with van der Waals surface area (Å²) >= 11 is 0. The van der Waals surface area contributed by atoms with Gasteiger partial charge in [0.15, 0.2) is 0 Å². The van der Waals surface area contributed by atoms with Crippen molar-refractivity contribution in [3.05, 3.63) is 65.1 Å². The minimum Gasteiger partial charge on any atom is -0.355 e. The van der Waals surface area contributed by atoms with Crippen LogP contribution in [-0.2, 0) is 17.1 Å². The number of aryl methyl sites for hydroxylation is 2. The molecule has 0 spiro atoms. The maximum atomic E-state index is 13.3. The lowest BCUT2D eigenvalue weighted by molar-refractivity contribution is 0.0359. The number of nitrogens with one attached hydrogen (secondary N) is 2. The highest BCUT2D eigenvalue weighted by molar-refractivity contribution is 7.89. The van der Waals surface area contributed by atoms with Crippen molar-refractivity contribution in [2.75, 3.05) is 25.0 Å². The Morgan fingerprint density at radius 3 is 2.53 bits per heavy atom. The Morgan fingerprint density at radius 2 is 1.92 bits per heavy atom. The van der Waals surface area contributed by atoms with Crippen molar-refractivity contribution in [3.8, 4) is 0 Å². The molecule has 2 aliphatic rings. The Balaban J connectivity index is 1.48. The van der Waals surface area contributed by atoms with Gasteiger partial charge in [0.2, 0.25) is 5.03 Å². The van der Waals surface area contributed by atoms with E-state index in [0.717, 1.165) is 35.3 Å². The molecular weight excluding hydrogens is 481 g/mol. The molecule has 1 atom stereocenters. The molecule has 2 heterocycles. The number of benzene rings is 2. The molecule has 3 aromatic rings. The standard InChI is InChI=1S/C25H30FN7O2S/c1-17-12-23(29-20-8-6-19(26)7-9-20)18(14-27)13-22(17)24-16-32(10-11-33(24)21-4-3-5-21)36(34,35)25-15-28-31(2)30-25/h6-9,12-15,21,24,27,29H,3-5,10-11,16H2,1-2H3/t24-/m1/s1. The number of rotatable bonds is 7. The third-order valence-corrected chi connectivity index (χ3v) is 8.91. The van der Waals surface area contributed by atoms with Crippen molar-refractivity contribution < 1.29 is 12.8 Å². The van der Waals surface area contributed by atoms with E-state index in [1.807, 2.05) is 19.1 Å². The molecule has 36 heavy (non-hydrogen) atoms. The number of aromatic nitrogens is 3. The Hall–Kier alpha value is -3.15. The normalized spacial score (nSPS) is 19.7. The lowest BCUT2D eigenvalue weighted by Gasteiger charge is -2.48. The fourth-order valence-corrected chi connectivity index (χ4v) is 6.34. The summed E-state index contributed by atoms with van der Waals surface area (Å²) in [7, 11) is -2.18. The quantitative estimate of drug-likeness (QED) is 0.470. The first-order chi connectivity index (χ1) is 17.3. The topological polar surface area (TPSA) is 107 Å². The first-order valence-corrected chi connectivity index (χ1v) is 13.5. The zero-order valence-corrected chi connectivity index (χ0v) is 21.2. The van der Waals surface area contributed by atoms with Gasteiger partial charge in [-0.1, -0.05) is 6.42 Å². The molecule has 2 aromatic carbocycles. The van der Waals surface area contributed by atoms with Crippen LogP contribution in [0.3, 0.4) is 0 Å². The number of hydrogen-bond donors (Lipinski definition) is 2. The average molecular weight is 512 g/mol. The fraction of sp³-hybridized carbons (Fsp3) is 0.400. The van der Waals surface area contributed by atoms with Crippen molar-refractivity contribution in [3.63, 3.8) is 0 Å². The highest BCUT2D eigenvalue weighted by Gasteiger charge is 2.40. The molecule has 9 nitrogen and oxygen atoms in total. The van der Waals surface area contributed by atoms with E-state index in [-0.39, 0.29) is 16.9 Å². The molecule has 11 heteroatoms. The van der Waals surface area contributed by atoms with Gasteiger partial charge < -0.3 is 10.7 Å². The van der Waals surface area contributed by atoms with E-state index in [9.17, 15) is 12.8 Å². The number of anilines is 2. The Morgan fingerprint density at radius 1 is 1.17 bits per heavy atom. The second-order valence-corrected chi connectivity index (χ2v) is 11.3. The van der Waals surface area contributed by atoms with E-state index < -0.39 is 10.0 Å². The molecule has 0 amide bonds. The summed E-state index contributed by atoms with van der Waals surface area (Å²) < 4.78 is 41.5. The molecule has 2 fully saturated rings. The smallest absolute Gasteiger partial charge is 0.264 e. The predicted octanol–water partition coefficient (Wildman–Crippen LogP) is 3.60. The zero-order valence-electron chi connectivity index (χ0n) is 20.4. The summed E-state index contributed by atoms with van der Waals surface area (Å²) in [5.41, 5.74) is 4.15. The largest absolute Gasteiger partial charge is 0.355 e. The third kappa shape index (κ3) is 4.65. The Labute approximate surface area is 210 Å². The van der Waals surface area contributed by atoms with Crippen LogP contribution >= 0.6 is 0 Å². The van der Waals surface area contributed by atoms with Gasteiger partial charge in [0.05, 0.1) is 6.20 Å². The molecule has 190 valence electrons. The van der Waals surface area contributed by atoms with Gasteiger partial charge in [0.25, 0.3) is 10.0 Å². The molecule has 0 unspecified atom stereocenters. The van der Waals surface area contributed by atoms with Gasteiger partial charge in [-0.3, -0.25) is 4.90 Å². The minimum absolute atomic E-state index is 0.0448. The molecule has 0 radical (unpaired) electrons. The average Bonchev–Trinajstić information content (AvgIpc) is 3.27. The Bertz CT molecular complexity index is 1370. The summed E-state index contributed by atoms with van der Waals surface area (Å²) in [6, 6.07) is 10.3. The van der Waals surface area contributed by atoms with E-state index in [2.05, 4.69) is 20.4 Å². The summed E-state index contributed by atoms with van der Waals surface area (Å²) in [5, 5.41) is 19.3. The molecule has 1 aliphatic heterocycles. The van der Waals surface area contributed by atoms with Gasteiger partial charge in [-0.2, -0.15) is 14.2 Å². The van der Waals surface area contributed by atoms with Crippen LogP contribution in [0, 0.1) is 18.2 Å². The first kappa shape index (κ1) is 24.5. The SMILES string of the molecule is Cc1cc(Nc2ccc(F)cc2)c(C=N)cc1[C@H]1CN(S(=O)(=O)c2cnn(C)n2)CCN1C1CCC1. The van der Waals surface area contributed by atoms with Crippen molar-refractivity contribution in [2.24, 2.45) is 7.05 Å². The molecule has 2 N–H and O–H groups in total. The van der Waals surface area contributed by atoms with Gasteiger partial charge in [-0.25, -0.2) is 12.8 Å². The molecule has 5 rings (SSSR count). The fourth-order valence-electron chi connectivity index (χ4n) is 5.02. The highest BCUT2D eigenvalue weighted by Crippen LogP contribution is 2.38. The number of sulfonamides is 1. The van der Waals surface area contributed by atoms with Crippen LogP contribution in [-0.4, -0.2) is 64.5 Å². The van der Waals surface area contributed by atoms with Gasteiger partial charge in [0.1, 0.15) is 5.82 Å². The maximum Gasteiger partial charge on any atom is 0.264 e. The van der Waals surface area contributed by atoms with Crippen LogP contribution in [0.2, 0.25) is 0 Å². The predicted molar refractivity (Wildman–Crippen MR) is 136 cm³/mol. The Kier molecular flexibility index (Phi) is 6.62. The summed E-state index contributed by atoms with van der Waals surface area (Å²) in [4.78, 5) is 3.68. The van der Waals surface area contributed by atoms with Crippen LogP contribution in [0.15, 0.2) is 47.6 Å². The first-order valence-electron chi connectivity index (χ1n) is 12.1. The summed E-state index contributed by atoms with van der Waals surface area (Å²) in [6.45, 7) is 3.34. The van der Waals surface area contributed by atoms with E-state index >= 15 is 0 Å². The van der Waals surface area contributed by atoms with Gasteiger partial charge in [-0.15, -0.1) is 5.10 Å². The van der Waals surface area contributed by atoms with Gasteiger partial charge in [-0.05, 0) is 67.3 Å². The van der Waals surface area contributed by atoms with Crippen LogP contribution in [0.1, 0.15) is 42.0 Å². The lowest BCUT2D eigenvalue weighted by Crippen LogP contribution is -2.55. The third-order valence-electron chi connectivity index (χ3n) is 7.19. The van der Waals surface area contributed by atoms with E-state index in [4.69, 9.17) is 5.41 Å². The van der Waals surface area contributed by atoms with Crippen LogP contribution in [0.4, 0.5) is 15.8 Å². The summed E-state index contributed by atoms with van der Waals surface area (Å²) in [5.74, 6) is -0.311. The number of piperazine rings is 1. The van der Waals surface area contributed by atoms with Gasteiger partial charge >= 0.3 is 0 Å². The van der Waals surface area contributed by atoms with Crippen LogP contribution < -0.4 is 5.32 Å². The molecule has 1 saturated carbocycles. The van der Waals surface area contributed by atoms with Crippen molar-refractivity contribution in [1.82, 2.24) is 24.2 Å². The second-order valence-electron chi connectivity index (χ2n) is 9.45. The zero-order chi connectivity index (χ0) is 25.4. The minimum atomic E-state index is -3.78. The number of nitrogens with zero attached hydrogens (tertiary/aromatic N) is 5. The number of hydrogen-bond acceptors (Lipinski definition) is 7. The van der Waals surface area contributed by atoms with Crippen molar-refractivity contribution in [2.45, 2.75) is 43.3 Å². The second kappa shape index (κ2) is 9.72. The van der Waals surface area contributed by atoms with Crippen molar-refractivity contribution in [1.29, 1.82) is 5.41 Å². The number of halogens is 1. The lowest BCUT2D eigenvalue weighted by atomic mass is 9.87. The molecule has 1 aromatic heterocycles.